The Morgan fingerprint density at radius 2 is 1.72 bits per heavy atom. The molecule has 2 heteroatoms. The third kappa shape index (κ3) is 2.70. The molecule has 0 amide bonds. The molecule has 0 saturated carbocycles. The van der Waals surface area contributed by atoms with Crippen molar-refractivity contribution in [3.05, 3.63) is 65.2 Å². The van der Waals surface area contributed by atoms with E-state index in [-0.39, 0.29) is 6.04 Å². The average molecular weight is 236 g/mol. The van der Waals surface area contributed by atoms with E-state index in [9.17, 15) is 5.26 Å². The van der Waals surface area contributed by atoms with Gasteiger partial charge in [0.2, 0.25) is 0 Å². The van der Waals surface area contributed by atoms with Gasteiger partial charge in [-0.05, 0) is 42.7 Å². The Morgan fingerprint density at radius 1 is 1.00 bits per heavy atom. The molecule has 1 N–H and O–H groups in total. The highest BCUT2D eigenvalue weighted by Crippen LogP contribution is 2.21. The maximum absolute atomic E-state index is 9.29. The topological polar surface area (TPSA) is 35.8 Å². The van der Waals surface area contributed by atoms with Gasteiger partial charge in [-0.2, -0.15) is 5.26 Å². The number of anilines is 1. The minimum Gasteiger partial charge on any atom is -0.366 e. The number of rotatable bonds is 3. The first-order valence-corrected chi connectivity index (χ1v) is 5.99. The molecule has 0 spiro atoms. The Bertz CT molecular complexity index is 567. The summed E-state index contributed by atoms with van der Waals surface area (Å²) >= 11 is 0. The third-order valence-corrected chi connectivity index (χ3v) is 3.08. The van der Waals surface area contributed by atoms with Gasteiger partial charge in [0.1, 0.15) is 6.04 Å². The van der Waals surface area contributed by atoms with Crippen LogP contribution < -0.4 is 5.32 Å². The highest BCUT2D eigenvalue weighted by Gasteiger charge is 2.10. The van der Waals surface area contributed by atoms with Gasteiger partial charge in [0.05, 0.1) is 6.07 Å². The number of hydrogen-bond donors (Lipinski definition) is 1. The molecule has 0 aliphatic rings. The van der Waals surface area contributed by atoms with Gasteiger partial charge in [0, 0.05) is 5.69 Å². The molecule has 2 aromatic rings. The Morgan fingerprint density at radius 3 is 2.33 bits per heavy atom. The molecule has 2 nitrogen and oxygen atoms in total. The molecule has 0 radical (unpaired) electrons. The lowest BCUT2D eigenvalue weighted by Crippen LogP contribution is -2.08. The molecule has 0 aliphatic carbocycles. The Labute approximate surface area is 108 Å². The van der Waals surface area contributed by atoms with Crippen LogP contribution in [0.2, 0.25) is 0 Å². The lowest BCUT2D eigenvalue weighted by molar-refractivity contribution is 0.992. The molecule has 0 heterocycles. The van der Waals surface area contributed by atoms with Crippen molar-refractivity contribution in [2.75, 3.05) is 5.32 Å². The second-order valence-corrected chi connectivity index (χ2v) is 4.42. The zero-order valence-corrected chi connectivity index (χ0v) is 10.6. The lowest BCUT2D eigenvalue weighted by Gasteiger charge is -2.14. The molecule has 1 atom stereocenters. The highest BCUT2D eigenvalue weighted by atomic mass is 14.9. The Hall–Kier alpha value is -2.27. The quantitative estimate of drug-likeness (QED) is 0.875. The maximum atomic E-state index is 9.29. The van der Waals surface area contributed by atoms with E-state index in [1.807, 2.05) is 36.4 Å². The minimum absolute atomic E-state index is 0.313. The van der Waals surface area contributed by atoms with E-state index >= 15 is 0 Å². The predicted molar refractivity (Wildman–Crippen MR) is 74.3 cm³/mol. The molecular weight excluding hydrogens is 220 g/mol. The number of aryl methyl sites for hydroxylation is 2. The minimum atomic E-state index is -0.313. The van der Waals surface area contributed by atoms with Crippen molar-refractivity contribution < 1.29 is 0 Å². The largest absolute Gasteiger partial charge is 0.366 e. The summed E-state index contributed by atoms with van der Waals surface area (Å²) < 4.78 is 0. The van der Waals surface area contributed by atoms with E-state index in [4.69, 9.17) is 0 Å². The van der Waals surface area contributed by atoms with E-state index in [2.05, 4.69) is 37.4 Å². The van der Waals surface area contributed by atoms with Gasteiger partial charge in [0.15, 0.2) is 0 Å². The summed E-state index contributed by atoms with van der Waals surface area (Å²) in [6.45, 7) is 4.14. The summed E-state index contributed by atoms with van der Waals surface area (Å²) in [5.74, 6) is 0. The second kappa shape index (κ2) is 5.37. The fraction of sp³-hybridized carbons (Fsp3) is 0.188. The SMILES string of the molecule is Cc1ccc(C(C#N)Nc2ccccc2)cc1C. The van der Waals surface area contributed by atoms with Crippen molar-refractivity contribution in [3.63, 3.8) is 0 Å². The molecule has 2 aromatic carbocycles. The van der Waals surface area contributed by atoms with Crippen LogP contribution in [0.25, 0.3) is 0 Å². The first-order valence-electron chi connectivity index (χ1n) is 5.99. The van der Waals surface area contributed by atoms with Gasteiger partial charge in [-0.3, -0.25) is 0 Å². The van der Waals surface area contributed by atoms with E-state index in [1.165, 1.54) is 11.1 Å². The van der Waals surface area contributed by atoms with Crippen molar-refractivity contribution in [2.45, 2.75) is 19.9 Å². The monoisotopic (exact) mass is 236 g/mol. The zero-order chi connectivity index (χ0) is 13.0. The number of nitrogens with one attached hydrogen (secondary N) is 1. The number of hydrogen-bond acceptors (Lipinski definition) is 2. The van der Waals surface area contributed by atoms with Crippen molar-refractivity contribution in [2.24, 2.45) is 0 Å². The molecule has 18 heavy (non-hydrogen) atoms. The van der Waals surface area contributed by atoms with E-state index in [0.29, 0.717) is 0 Å². The van der Waals surface area contributed by atoms with Gasteiger partial charge in [-0.25, -0.2) is 0 Å². The normalized spacial score (nSPS) is 11.6. The van der Waals surface area contributed by atoms with Crippen LogP contribution in [-0.4, -0.2) is 0 Å². The highest BCUT2D eigenvalue weighted by molar-refractivity contribution is 5.48. The van der Waals surface area contributed by atoms with Crippen LogP contribution in [0.5, 0.6) is 0 Å². The van der Waals surface area contributed by atoms with Gasteiger partial charge >= 0.3 is 0 Å². The molecule has 0 saturated heterocycles. The molecule has 0 aromatic heterocycles. The molecule has 90 valence electrons. The van der Waals surface area contributed by atoms with Crippen molar-refractivity contribution >= 4 is 5.69 Å². The molecule has 0 bridgehead atoms. The first-order chi connectivity index (χ1) is 8.70. The van der Waals surface area contributed by atoms with Crippen LogP contribution in [0.15, 0.2) is 48.5 Å². The standard InChI is InChI=1S/C16H16N2/c1-12-8-9-14(10-13(12)2)16(11-17)18-15-6-4-3-5-7-15/h3-10,16,18H,1-2H3. The van der Waals surface area contributed by atoms with Crippen molar-refractivity contribution in [1.29, 1.82) is 5.26 Å². The Balaban J connectivity index is 2.24. The molecule has 0 aliphatic heterocycles. The number of nitrogens with zero attached hydrogens (tertiary/aromatic N) is 1. The summed E-state index contributed by atoms with van der Waals surface area (Å²) in [4.78, 5) is 0. The molecular formula is C16H16N2. The fourth-order valence-electron chi connectivity index (χ4n) is 1.84. The van der Waals surface area contributed by atoms with Crippen molar-refractivity contribution in [1.82, 2.24) is 0 Å². The second-order valence-electron chi connectivity index (χ2n) is 4.42. The lowest BCUT2D eigenvalue weighted by atomic mass is 10.0. The summed E-state index contributed by atoms with van der Waals surface area (Å²) in [5.41, 5.74) is 4.42. The fourth-order valence-corrected chi connectivity index (χ4v) is 1.84. The van der Waals surface area contributed by atoms with Gasteiger partial charge in [-0.15, -0.1) is 0 Å². The summed E-state index contributed by atoms with van der Waals surface area (Å²) in [5, 5.41) is 12.5. The summed E-state index contributed by atoms with van der Waals surface area (Å²) in [6.07, 6.45) is 0. The van der Waals surface area contributed by atoms with E-state index < -0.39 is 0 Å². The summed E-state index contributed by atoms with van der Waals surface area (Å²) in [6, 6.07) is 17.9. The van der Waals surface area contributed by atoms with Gasteiger partial charge < -0.3 is 5.32 Å². The first kappa shape index (κ1) is 12.2. The molecule has 0 fully saturated rings. The van der Waals surface area contributed by atoms with Crippen LogP contribution >= 0.6 is 0 Å². The summed E-state index contributed by atoms with van der Waals surface area (Å²) in [7, 11) is 0. The smallest absolute Gasteiger partial charge is 0.140 e. The molecule has 2 rings (SSSR count). The van der Waals surface area contributed by atoms with Crippen LogP contribution in [0.1, 0.15) is 22.7 Å². The predicted octanol–water partition coefficient (Wildman–Crippen LogP) is 3.98. The van der Waals surface area contributed by atoms with Crippen LogP contribution in [-0.2, 0) is 0 Å². The van der Waals surface area contributed by atoms with Gasteiger partial charge in [0.25, 0.3) is 0 Å². The van der Waals surface area contributed by atoms with E-state index in [0.717, 1.165) is 11.3 Å². The number of benzene rings is 2. The van der Waals surface area contributed by atoms with Crippen LogP contribution in [0.3, 0.4) is 0 Å². The number of para-hydroxylation sites is 1. The van der Waals surface area contributed by atoms with Crippen LogP contribution in [0, 0.1) is 25.2 Å². The maximum Gasteiger partial charge on any atom is 0.140 e. The zero-order valence-electron chi connectivity index (χ0n) is 10.6. The number of nitriles is 1. The van der Waals surface area contributed by atoms with E-state index in [1.54, 1.807) is 0 Å². The van der Waals surface area contributed by atoms with Crippen molar-refractivity contribution in [3.8, 4) is 6.07 Å². The molecule has 1 unspecified atom stereocenters. The van der Waals surface area contributed by atoms with Crippen LogP contribution in [0.4, 0.5) is 5.69 Å². The average Bonchev–Trinajstić information content (AvgIpc) is 2.40. The Kier molecular flexibility index (Phi) is 3.64. The third-order valence-electron chi connectivity index (χ3n) is 3.08. The van der Waals surface area contributed by atoms with Gasteiger partial charge in [-0.1, -0.05) is 36.4 Å².